The predicted octanol–water partition coefficient (Wildman–Crippen LogP) is 14.5. The van der Waals surface area contributed by atoms with Gasteiger partial charge in [0.15, 0.2) is 5.58 Å². The molecule has 0 radical (unpaired) electrons. The highest BCUT2D eigenvalue weighted by atomic mass is 16.3. The smallest absolute Gasteiger partial charge is 0.227 e. The number of rotatable bonds is 7. The Bertz CT molecular complexity index is 3220. The van der Waals surface area contributed by atoms with Crippen LogP contribution in [0.2, 0.25) is 0 Å². The third-order valence-electron chi connectivity index (χ3n) is 11.0. The van der Waals surface area contributed by atoms with Crippen molar-refractivity contribution in [2.24, 2.45) is 0 Å². The van der Waals surface area contributed by atoms with E-state index in [0.29, 0.717) is 5.89 Å². The van der Waals surface area contributed by atoms with Crippen molar-refractivity contribution in [3.8, 4) is 39.4 Å². The molecule has 2 aromatic heterocycles. The molecule has 0 saturated heterocycles. The van der Waals surface area contributed by atoms with Crippen molar-refractivity contribution < 1.29 is 4.42 Å². The first-order valence-electron chi connectivity index (χ1n) is 19.3. The summed E-state index contributed by atoms with van der Waals surface area (Å²) in [7, 11) is 0. The molecular formula is C53H35N3O. The van der Waals surface area contributed by atoms with E-state index in [0.717, 1.165) is 56.1 Å². The minimum atomic E-state index is 0.607. The lowest BCUT2D eigenvalue weighted by molar-refractivity contribution is 0.621. The number of hydrogen-bond acceptors (Lipinski definition) is 3. The van der Waals surface area contributed by atoms with Gasteiger partial charge in [0.2, 0.25) is 5.89 Å². The van der Waals surface area contributed by atoms with E-state index in [2.05, 4.69) is 185 Å². The molecule has 0 atom stereocenters. The van der Waals surface area contributed by atoms with Gasteiger partial charge in [0, 0.05) is 44.5 Å². The Hall–Kier alpha value is -7.69. The molecule has 0 bridgehead atoms. The Morgan fingerprint density at radius 1 is 0.439 bits per heavy atom. The molecule has 0 saturated carbocycles. The summed E-state index contributed by atoms with van der Waals surface area (Å²) in [6, 6.07) is 75.2. The summed E-state index contributed by atoms with van der Waals surface area (Å²) < 4.78 is 9.02. The van der Waals surface area contributed by atoms with Crippen LogP contribution in [0.5, 0.6) is 0 Å². The molecular weight excluding hydrogens is 695 g/mol. The summed E-state index contributed by atoms with van der Waals surface area (Å²) >= 11 is 0. The van der Waals surface area contributed by atoms with E-state index in [4.69, 9.17) is 9.40 Å². The van der Waals surface area contributed by atoms with E-state index in [1.54, 1.807) is 0 Å². The third-order valence-corrected chi connectivity index (χ3v) is 11.0. The maximum absolute atomic E-state index is 6.61. The molecule has 0 fully saturated rings. The molecule has 2 heterocycles. The largest absolute Gasteiger partial charge is 0.435 e. The second-order valence-corrected chi connectivity index (χ2v) is 14.4. The van der Waals surface area contributed by atoms with Gasteiger partial charge in [0.1, 0.15) is 5.52 Å². The average molecular weight is 730 g/mol. The zero-order valence-electron chi connectivity index (χ0n) is 31.0. The standard InChI is InChI=1S/C53H35N3O/c1-4-15-36(16-5-1)37-27-30-41(31-28-37)55(48-26-13-12-23-44(48)45-24-14-25-47-52(45)57-53(54-47)39-18-6-2-7-19-39)42-32-33-46-50(35-42)56(40-20-8-3-9-21-40)49-34-29-38-17-10-11-22-43(38)51(46)49/h1-35H. The van der Waals surface area contributed by atoms with Crippen molar-refractivity contribution in [1.82, 2.24) is 9.55 Å². The Morgan fingerprint density at radius 3 is 1.89 bits per heavy atom. The van der Waals surface area contributed by atoms with Crippen LogP contribution in [0.15, 0.2) is 217 Å². The molecule has 4 heteroatoms. The maximum atomic E-state index is 6.61. The number of anilines is 3. The number of nitrogens with zero attached hydrogens (tertiary/aromatic N) is 3. The van der Waals surface area contributed by atoms with E-state index in [1.807, 2.05) is 36.4 Å². The monoisotopic (exact) mass is 729 g/mol. The SMILES string of the molecule is c1ccc(-c2ccc(N(c3ccc4c5c6ccccc6ccc5n(-c5ccccc5)c4c3)c3ccccc3-c3cccc4nc(-c5ccccc5)oc34)cc2)cc1. The van der Waals surface area contributed by atoms with Crippen LogP contribution < -0.4 is 4.90 Å². The van der Waals surface area contributed by atoms with Crippen LogP contribution in [0.25, 0.3) is 83.1 Å². The molecule has 11 rings (SSSR count). The van der Waals surface area contributed by atoms with Gasteiger partial charge < -0.3 is 13.9 Å². The second-order valence-electron chi connectivity index (χ2n) is 14.4. The summed E-state index contributed by atoms with van der Waals surface area (Å²) in [6.45, 7) is 0. The maximum Gasteiger partial charge on any atom is 0.227 e. The number of fused-ring (bicyclic) bond motifs is 6. The van der Waals surface area contributed by atoms with Crippen molar-refractivity contribution in [1.29, 1.82) is 0 Å². The Balaban J connectivity index is 1.16. The van der Waals surface area contributed by atoms with Crippen LogP contribution in [0.1, 0.15) is 0 Å². The van der Waals surface area contributed by atoms with Gasteiger partial charge in [-0.3, -0.25) is 0 Å². The topological polar surface area (TPSA) is 34.2 Å². The van der Waals surface area contributed by atoms with Crippen molar-refractivity contribution in [3.05, 3.63) is 212 Å². The van der Waals surface area contributed by atoms with Gasteiger partial charge in [0.25, 0.3) is 0 Å². The van der Waals surface area contributed by atoms with Crippen LogP contribution in [0.4, 0.5) is 17.1 Å². The number of benzene rings is 9. The molecule has 0 spiro atoms. The summed E-state index contributed by atoms with van der Waals surface area (Å²) in [4.78, 5) is 7.31. The summed E-state index contributed by atoms with van der Waals surface area (Å²) in [5.74, 6) is 0.607. The van der Waals surface area contributed by atoms with Gasteiger partial charge in [-0.25, -0.2) is 4.98 Å². The number of hydrogen-bond donors (Lipinski definition) is 0. The fraction of sp³-hybridized carbons (Fsp3) is 0. The van der Waals surface area contributed by atoms with Crippen molar-refractivity contribution >= 4 is 60.7 Å². The second kappa shape index (κ2) is 13.6. The van der Waals surface area contributed by atoms with Crippen LogP contribution in [0, 0.1) is 0 Å². The van der Waals surface area contributed by atoms with E-state index < -0.39 is 0 Å². The quantitative estimate of drug-likeness (QED) is 0.164. The first-order chi connectivity index (χ1) is 28.3. The molecule has 57 heavy (non-hydrogen) atoms. The number of aromatic nitrogens is 2. The number of oxazole rings is 1. The van der Waals surface area contributed by atoms with Gasteiger partial charge in [0.05, 0.1) is 16.7 Å². The molecule has 268 valence electrons. The third kappa shape index (κ3) is 5.58. The Kier molecular flexibility index (Phi) is 7.78. The fourth-order valence-corrected chi connectivity index (χ4v) is 8.39. The lowest BCUT2D eigenvalue weighted by atomic mass is 10.00. The van der Waals surface area contributed by atoms with Gasteiger partial charge in [-0.2, -0.15) is 0 Å². The Morgan fingerprint density at radius 2 is 1.09 bits per heavy atom. The molecule has 9 aromatic carbocycles. The van der Waals surface area contributed by atoms with Crippen LogP contribution in [-0.4, -0.2) is 9.55 Å². The molecule has 0 amide bonds. The van der Waals surface area contributed by atoms with Crippen LogP contribution >= 0.6 is 0 Å². The first-order valence-corrected chi connectivity index (χ1v) is 19.3. The summed E-state index contributed by atoms with van der Waals surface area (Å²) in [5.41, 5.74) is 13.5. The lowest BCUT2D eigenvalue weighted by Crippen LogP contribution is -2.11. The highest BCUT2D eigenvalue weighted by molar-refractivity contribution is 6.21. The minimum Gasteiger partial charge on any atom is -0.435 e. The highest BCUT2D eigenvalue weighted by Crippen LogP contribution is 2.46. The first kappa shape index (κ1) is 32.7. The number of para-hydroxylation sites is 3. The van der Waals surface area contributed by atoms with E-state index in [9.17, 15) is 0 Å². The summed E-state index contributed by atoms with van der Waals surface area (Å²) in [6.07, 6.45) is 0. The van der Waals surface area contributed by atoms with Crippen LogP contribution in [-0.2, 0) is 0 Å². The van der Waals surface area contributed by atoms with Crippen LogP contribution in [0.3, 0.4) is 0 Å². The lowest BCUT2D eigenvalue weighted by Gasteiger charge is -2.28. The zero-order valence-corrected chi connectivity index (χ0v) is 31.0. The molecule has 0 N–H and O–H groups in total. The van der Waals surface area contributed by atoms with Gasteiger partial charge in [-0.1, -0.05) is 146 Å². The normalized spacial score (nSPS) is 11.5. The molecule has 11 aromatic rings. The molecule has 0 aliphatic rings. The van der Waals surface area contributed by atoms with Crippen molar-refractivity contribution in [2.75, 3.05) is 4.90 Å². The molecule has 0 unspecified atom stereocenters. The van der Waals surface area contributed by atoms with Crippen molar-refractivity contribution in [3.63, 3.8) is 0 Å². The van der Waals surface area contributed by atoms with Gasteiger partial charge >= 0.3 is 0 Å². The van der Waals surface area contributed by atoms with Gasteiger partial charge in [-0.15, -0.1) is 0 Å². The molecule has 0 aliphatic carbocycles. The molecule has 4 nitrogen and oxygen atoms in total. The zero-order chi connectivity index (χ0) is 37.7. The highest BCUT2D eigenvalue weighted by Gasteiger charge is 2.23. The molecule has 0 aliphatic heterocycles. The van der Waals surface area contributed by atoms with E-state index in [-0.39, 0.29) is 0 Å². The average Bonchev–Trinajstić information content (AvgIpc) is 3.88. The van der Waals surface area contributed by atoms with E-state index >= 15 is 0 Å². The fourth-order valence-electron chi connectivity index (χ4n) is 8.39. The van der Waals surface area contributed by atoms with Gasteiger partial charge in [-0.05, 0) is 88.6 Å². The van der Waals surface area contributed by atoms with E-state index in [1.165, 1.54) is 38.2 Å². The summed E-state index contributed by atoms with van der Waals surface area (Å²) in [5, 5.41) is 4.94. The van der Waals surface area contributed by atoms with Crippen molar-refractivity contribution in [2.45, 2.75) is 0 Å². The predicted molar refractivity (Wildman–Crippen MR) is 237 cm³/mol. The minimum absolute atomic E-state index is 0.607. The Labute approximate surface area is 330 Å².